The summed E-state index contributed by atoms with van der Waals surface area (Å²) in [5, 5.41) is 10.4. The number of carboxylic acid groups (broad SMARTS) is 1. The summed E-state index contributed by atoms with van der Waals surface area (Å²) in [6, 6.07) is 9.91. The monoisotopic (exact) mass is 230 g/mol. The zero-order valence-corrected chi connectivity index (χ0v) is 9.14. The highest BCUT2D eigenvalue weighted by molar-refractivity contribution is 5.97. The summed E-state index contributed by atoms with van der Waals surface area (Å²) in [5.74, 6) is -1.07. The lowest BCUT2D eigenvalue weighted by Crippen LogP contribution is -2.02. The highest BCUT2D eigenvalue weighted by Gasteiger charge is 2.08. The van der Waals surface area contributed by atoms with E-state index in [9.17, 15) is 9.59 Å². The highest BCUT2D eigenvalue weighted by atomic mass is 16.5. The van der Waals surface area contributed by atoms with Crippen LogP contribution in [0.5, 0.6) is 5.75 Å². The summed E-state index contributed by atoms with van der Waals surface area (Å²) in [6.07, 6.45) is 0. The van der Waals surface area contributed by atoms with E-state index in [0.717, 1.165) is 5.39 Å². The summed E-state index contributed by atoms with van der Waals surface area (Å²) < 4.78 is 5.03. The van der Waals surface area contributed by atoms with Gasteiger partial charge in [0.25, 0.3) is 0 Å². The normalized spacial score (nSPS) is 10.2. The van der Waals surface area contributed by atoms with E-state index in [1.54, 1.807) is 18.2 Å². The molecule has 0 saturated carbocycles. The molecule has 0 aliphatic carbocycles. The van der Waals surface area contributed by atoms with E-state index >= 15 is 0 Å². The van der Waals surface area contributed by atoms with Gasteiger partial charge in [0.2, 0.25) is 0 Å². The smallest absolute Gasteiger partial charge is 0.335 e. The lowest BCUT2D eigenvalue weighted by Gasteiger charge is -2.06. The van der Waals surface area contributed by atoms with Crippen LogP contribution in [0.15, 0.2) is 36.4 Å². The molecule has 86 valence electrons. The van der Waals surface area contributed by atoms with Gasteiger partial charge in [-0.05, 0) is 23.6 Å². The van der Waals surface area contributed by atoms with Gasteiger partial charge in [-0.15, -0.1) is 0 Å². The molecule has 0 unspecified atom stereocenters. The number of ether oxygens (including phenoxy) is 1. The van der Waals surface area contributed by atoms with Crippen molar-refractivity contribution in [3.63, 3.8) is 0 Å². The minimum atomic E-state index is -1.01. The van der Waals surface area contributed by atoms with Gasteiger partial charge in [0, 0.05) is 12.3 Å². The average molecular weight is 230 g/mol. The Morgan fingerprint density at radius 1 is 1.18 bits per heavy atom. The van der Waals surface area contributed by atoms with Gasteiger partial charge < -0.3 is 9.84 Å². The Hall–Kier alpha value is -2.36. The Bertz CT molecular complexity index is 601. The summed E-state index contributed by atoms with van der Waals surface area (Å²) in [5.41, 5.74) is 0.164. The van der Waals surface area contributed by atoms with E-state index in [4.69, 9.17) is 9.84 Å². The second kappa shape index (κ2) is 4.25. The first-order valence-corrected chi connectivity index (χ1v) is 5.02. The van der Waals surface area contributed by atoms with Crippen LogP contribution in [0.1, 0.15) is 17.3 Å². The number of carbonyl (C=O) groups excluding carboxylic acids is 1. The molecule has 0 aliphatic rings. The molecule has 0 heterocycles. The number of carbonyl (C=O) groups is 2. The standard InChI is InChI=1S/C13H10O4/c1-8(14)17-12-4-2-3-9-5-6-10(13(15)16)7-11(9)12/h2-7H,1H3,(H,15,16). The molecule has 17 heavy (non-hydrogen) atoms. The van der Waals surface area contributed by atoms with Crippen LogP contribution in [0.4, 0.5) is 0 Å². The predicted molar refractivity (Wildman–Crippen MR) is 62.2 cm³/mol. The first-order valence-electron chi connectivity index (χ1n) is 5.02. The molecule has 2 aromatic rings. The van der Waals surface area contributed by atoms with Crippen molar-refractivity contribution in [2.24, 2.45) is 0 Å². The maximum Gasteiger partial charge on any atom is 0.335 e. The van der Waals surface area contributed by atoms with Crippen molar-refractivity contribution >= 4 is 22.7 Å². The van der Waals surface area contributed by atoms with Crippen LogP contribution in [-0.2, 0) is 4.79 Å². The van der Waals surface area contributed by atoms with Gasteiger partial charge in [0.15, 0.2) is 0 Å². The van der Waals surface area contributed by atoms with Gasteiger partial charge in [-0.25, -0.2) is 4.79 Å². The van der Waals surface area contributed by atoms with Crippen LogP contribution in [0.3, 0.4) is 0 Å². The predicted octanol–water partition coefficient (Wildman–Crippen LogP) is 2.46. The molecule has 2 rings (SSSR count). The molecular weight excluding hydrogens is 220 g/mol. The van der Waals surface area contributed by atoms with Crippen LogP contribution in [0.2, 0.25) is 0 Å². The van der Waals surface area contributed by atoms with E-state index in [1.807, 2.05) is 6.07 Å². The zero-order valence-electron chi connectivity index (χ0n) is 9.14. The van der Waals surface area contributed by atoms with Crippen LogP contribution >= 0.6 is 0 Å². The van der Waals surface area contributed by atoms with E-state index < -0.39 is 11.9 Å². The molecule has 0 atom stereocenters. The molecule has 0 spiro atoms. The lowest BCUT2D eigenvalue weighted by molar-refractivity contribution is -0.131. The first kappa shape index (κ1) is 11.1. The molecule has 0 aliphatic heterocycles. The van der Waals surface area contributed by atoms with Crippen molar-refractivity contribution in [3.05, 3.63) is 42.0 Å². The van der Waals surface area contributed by atoms with Crippen molar-refractivity contribution in [1.29, 1.82) is 0 Å². The number of carboxylic acids is 1. The van der Waals surface area contributed by atoms with E-state index in [-0.39, 0.29) is 5.56 Å². The van der Waals surface area contributed by atoms with Crippen molar-refractivity contribution < 1.29 is 19.4 Å². The lowest BCUT2D eigenvalue weighted by atomic mass is 10.1. The third kappa shape index (κ3) is 2.25. The Labute approximate surface area is 97.4 Å². The Balaban J connectivity index is 2.63. The maximum absolute atomic E-state index is 10.9. The van der Waals surface area contributed by atoms with Crippen molar-refractivity contribution in [2.75, 3.05) is 0 Å². The summed E-state index contributed by atoms with van der Waals surface area (Å²) >= 11 is 0. The molecule has 0 aromatic heterocycles. The fraction of sp³-hybridized carbons (Fsp3) is 0.0769. The molecule has 0 fully saturated rings. The third-order valence-corrected chi connectivity index (χ3v) is 2.34. The molecule has 0 amide bonds. The van der Waals surface area contributed by atoms with Gasteiger partial charge in [-0.3, -0.25) is 4.79 Å². The topological polar surface area (TPSA) is 63.6 Å². The molecule has 1 N–H and O–H groups in total. The minimum absolute atomic E-state index is 0.164. The molecule has 4 heteroatoms. The van der Waals surface area contributed by atoms with Crippen LogP contribution < -0.4 is 4.74 Å². The average Bonchev–Trinajstić information content (AvgIpc) is 2.28. The van der Waals surface area contributed by atoms with Crippen LogP contribution in [0, 0.1) is 0 Å². The quantitative estimate of drug-likeness (QED) is 0.635. The highest BCUT2D eigenvalue weighted by Crippen LogP contribution is 2.26. The molecule has 0 saturated heterocycles. The van der Waals surface area contributed by atoms with Crippen molar-refractivity contribution in [3.8, 4) is 5.75 Å². The number of esters is 1. The van der Waals surface area contributed by atoms with Gasteiger partial charge >= 0.3 is 11.9 Å². The number of rotatable bonds is 2. The van der Waals surface area contributed by atoms with E-state index in [1.165, 1.54) is 19.1 Å². The van der Waals surface area contributed by atoms with Crippen LogP contribution in [0.25, 0.3) is 10.8 Å². The van der Waals surface area contributed by atoms with Gasteiger partial charge in [0.1, 0.15) is 5.75 Å². The Morgan fingerprint density at radius 2 is 1.94 bits per heavy atom. The van der Waals surface area contributed by atoms with Crippen molar-refractivity contribution in [2.45, 2.75) is 6.92 Å². The van der Waals surface area contributed by atoms with E-state index in [2.05, 4.69) is 0 Å². The van der Waals surface area contributed by atoms with Gasteiger partial charge in [0.05, 0.1) is 5.56 Å². The fourth-order valence-corrected chi connectivity index (χ4v) is 1.62. The molecule has 0 bridgehead atoms. The zero-order chi connectivity index (χ0) is 12.4. The molecular formula is C13H10O4. The van der Waals surface area contributed by atoms with Gasteiger partial charge in [-0.1, -0.05) is 18.2 Å². The number of benzene rings is 2. The Morgan fingerprint density at radius 3 is 2.59 bits per heavy atom. The SMILES string of the molecule is CC(=O)Oc1cccc2ccc(C(=O)O)cc12. The third-order valence-electron chi connectivity index (χ3n) is 2.34. The molecule has 0 radical (unpaired) electrons. The molecule has 4 nitrogen and oxygen atoms in total. The minimum Gasteiger partial charge on any atom is -0.478 e. The second-order valence-electron chi connectivity index (χ2n) is 3.59. The number of hydrogen-bond acceptors (Lipinski definition) is 3. The van der Waals surface area contributed by atoms with E-state index in [0.29, 0.717) is 11.1 Å². The first-order chi connectivity index (χ1) is 8.08. The number of fused-ring (bicyclic) bond motifs is 1. The van der Waals surface area contributed by atoms with Gasteiger partial charge in [-0.2, -0.15) is 0 Å². The maximum atomic E-state index is 10.9. The fourth-order valence-electron chi connectivity index (χ4n) is 1.62. The number of aromatic carboxylic acids is 1. The van der Waals surface area contributed by atoms with Crippen molar-refractivity contribution in [1.82, 2.24) is 0 Å². The summed E-state index contributed by atoms with van der Waals surface area (Å²) in [4.78, 5) is 21.8. The Kier molecular flexibility index (Phi) is 2.78. The number of hydrogen-bond donors (Lipinski definition) is 1. The molecule has 2 aromatic carbocycles. The largest absolute Gasteiger partial charge is 0.478 e. The summed E-state index contributed by atoms with van der Waals surface area (Å²) in [6.45, 7) is 1.31. The summed E-state index contributed by atoms with van der Waals surface area (Å²) in [7, 11) is 0. The van der Waals surface area contributed by atoms with Crippen LogP contribution in [-0.4, -0.2) is 17.0 Å². The second-order valence-corrected chi connectivity index (χ2v) is 3.59.